The van der Waals surface area contributed by atoms with Crippen LogP contribution in [0.15, 0.2) is 24.4 Å². The molecule has 2 heterocycles. The maximum absolute atomic E-state index is 13.6. The van der Waals surface area contributed by atoms with Crippen LogP contribution >= 0.6 is 0 Å². The van der Waals surface area contributed by atoms with Gasteiger partial charge in [-0.1, -0.05) is 6.42 Å². The summed E-state index contributed by atoms with van der Waals surface area (Å²) in [7, 11) is 0. The molecule has 4 rings (SSSR count). The molecule has 1 fully saturated rings. The molecule has 0 unspecified atom stereocenters. The molecule has 1 saturated carbocycles. The van der Waals surface area contributed by atoms with Crippen LogP contribution in [0.1, 0.15) is 19.3 Å². The van der Waals surface area contributed by atoms with Crippen LogP contribution in [0.3, 0.4) is 0 Å². The van der Waals surface area contributed by atoms with Gasteiger partial charge in [-0.25, -0.2) is 13.8 Å². The second-order valence-electron chi connectivity index (χ2n) is 5.78. The molecule has 0 aliphatic heterocycles. The lowest BCUT2D eigenvalue weighted by atomic mass is 9.85. The number of carbonyl (C=O) groups is 1. The molecule has 7 nitrogen and oxygen atoms in total. The second-order valence-corrected chi connectivity index (χ2v) is 5.78. The van der Waals surface area contributed by atoms with Crippen molar-refractivity contribution in [1.82, 2.24) is 20.2 Å². The van der Waals surface area contributed by atoms with Gasteiger partial charge in [-0.15, -0.1) is 0 Å². The van der Waals surface area contributed by atoms with Gasteiger partial charge in [0.15, 0.2) is 17.2 Å². The summed E-state index contributed by atoms with van der Waals surface area (Å²) in [6.45, 7) is 0. The second kappa shape index (κ2) is 6.08. The van der Waals surface area contributed by atoms with E-state index in [9.17, 15) is 13.6 Å². The highest BCUT2D eigenvalue weighted by molar-refractivity contribution is 5.99. The Hall–Kier alpha value is -3.10. The Morgan fingerprint density at radius 3 is 2.88 bits per heavy atom. The first-order valence-corrected chi connectivity index (χ1v) is 7.75. The van der Waals surface area contributed by atoms with Crippen molar-refractivity contribution in [3.05, 3.63) is 36.0 Å². The van der Waals surface area contributed by atoms with E-state index in [1.165, 1.54) is 6.20 Å². The van der Waals surface area contributed by atoms with E-state index >= 15 is 0 Å². The first-order chi connectivity index (χ1) is 12.1. The van der Waals surface area contributed by atoms with Gasteiger partial charge in [0.2, 0.25) is 5.91 Å². The Bertz CT molecular complexity index is 955. The third kappa shape index (κ3) is 3.00. The molecule has 128 valence electrons. The predicted octanol–water partition coefficient (Wildman–Crippen LogP) is 3.16. The molecule has 0 atom stereocenters. The molecule has 0 bridgehead atoms. The maximum Gasteiger partial charge on any atom is 0.324 e. The molecular formula is C16H13F2N5O2. The van der Waals surface area contributed by atoms with Crippen molar-refractivity contribution in [2.24, 2.45) is 5.92 Å². The summed E-state index contributed by atoms with van der Waals surface area (Å²) in [5.41, 5.74) is 0.261. The van der Waals surface area contributed by atoms with E-state index in [-0.39, 0.29) is 29.2 Å². The van der Waals surface area contributed by atoms with Gasteiger partial charge in [-0.05, 0) is 25.0 Å². The number of ether oxygens (including phenoxy) is 1. The zero-order valence-corrected chi connectivity index (χ0v) is 12.9. The van der Waals surface area contributed by atoms with E-state index in [0.29, 0.717) is 17.3 Å². The summed E-state index contributed by atoms with van der Waals surface area (Å²) in [5.74, 6) is -1.39. The summed E-state index contributed by atoms with van der Waals surface area (Å²) in [6, 6.07) is 2.78. The number of aromatic nitrogens is 4. The Morgan fingerprint density at radius 2 is 2.16 bits per heavy atom. The summed E-state index contributed by atoms with van der Waals surface area (Å²) in [6.07, 6.45) is 4.25. The monoisotopic (exact) mass is 345 g/mol. The molecule has 3 aromatic rings. The Balaban J connectivity index is 1.55. The zero-order valence-electron chi connectivity index (χ0n) is 12.9. The number of nitrogens with one attached hydrogen (secondary N) is 2. The maximum atomic E-state index is 13.6. The predicted molar refractivity (Wildman–Crippen MR) is 84.1 cm³/mol. The number of fused-ring (bicyclic) bond motifs is 1. The number of halogens is 2. The molecule has 1 aliphatic carbocycles. The van der Waals surface area contributed by atoms with Gasteiger partial charge >= 0.3 is 6.01 Å². The normalized spacial score (nSPS) is 14.3. The number of hydrogen-bond acceptors (Lipinski definition) is 5. The third-order valence-corrected chi connectivity index (χ3v) is 4.11. The number of H-pyrrole nitrogens is 1. The van der Waals surface area contributed by atoms with Crippen LogP contribution in [0.2, 0.25) is 0 Å². The van der Waals surface area contributed by atoms with Crippen LogP contribution in [0.5, 0.6) is 11.8 Å². The summed E-state index contributed by atoms with van der Waals surface area (Å²) in [4.78, 5) is 20.0. The van der Waals surface area contributed by atoms with Crippen molar-refractivity contribution >= 4 is 22.8 Å². The van der Waals surface area contributed by atoms with Crippen molar-refractivity contribution in [3.8, 4) is 11.8 Å². The number of hydrogen-bond donors (Lipinski definition) is 2. The molecule has 1 amide bonds. The van der Waals surface area contributed by atoms with Crippen LogP contribution in [0.4, 0.5) is 14.6 Å². The fraction of sp³-hybridized carbons (Fsp3) is 0.250. The molecule has 2 N–H and O–H groups in total. The Kier molecular flexibility index (Phi) is 3.75. The van der Waals surface area contributed by atoms with Gasteiger partial charge in [0.25, 0.3) is 0 Å². The number of aromatic amines is 1. The highest BCUT2D eigenvalue weighted by Crippen LogP contribution is 2.29. The van der Waals surface area contributed by atoms with E-state index in [1.807, 2.05) is 0 Å². The van der Waals surface area contributed by atoms with E-state index in [1.54, 1.807) is 0 Å². The first kappa shape index (κ1) is 15.4. The highest BCUT2D eigenvalue weighted by Gasteiger charge is 2.26. The molecular weight excluding hydrogens is 332 g/mol. The first-order valence-electron chi connectivity index (χ1n) is 7.75. The molecule has 9 heteroatoms. The van der Waals surface area contributed by atoms with E-state index in [4.69, 9.17) is 4.74 Å². The van der Waals surface area contributed by atoms with Crippen LogP contribution in [-0.4, -0.2) is 26.1 Å². The SMILES string of the molecule is O=C(Nc1[nH]nc2nc(Oc3ccc(F)cc3F)ncc12)C1CCC1. The number of benzene rings is 1. The van der Waals surface area contributed by atoms with Gasteiger partial charge in [0.1, 0.15) is 11.6 Å². The highest BCUT2D eigenvalue weighted by atomic mass is 19.1. The van der Waals surface area contributed by atoms with Gasteiger partial charge in [-0.3, -0.25) is 9.89 Å². The molecule has 0 radical (unpaired) electrons. The van der Waals surface area contributed by atoms with Crippen molar-refractivity contribution in [2.45, 2.75) is 19.3 Å². The average Bonchev–Trinajstić information content (AvgIpc) is 2.91. The quantitative estimate of drug-likeness (QED) is 0.758. The van der Waals surface area contributed by atoms with Gasteiger partial charge in [-0.2, -0.15) is 10.1 Å². The molecule has 0 spiro atoms. The number of rotatable bonds is 4. The van der Waals surface area contributed by atoms with Crippen LogP contribution in [0.25, 0.3) is 11.0 Å². The van der Waals surface area contributed by atoms with Crippen LogP contribution < -0.4 is 10.1 Å². The fourth-order valence-corrected chi connectivity index (χ4v) is 2.48. The summed E-state index contributed by atoms with van der Waals surface area (Å²) >= 11 is 0. The van der Waals surface area contributed by atoms with E-state index < -0.39 is 11.6 Å². The molecule has 1 aliphatic rings. The van der Waals surface area contributed by atoms with Gasteiger partial charge < -0.3 is 10.1 Å². The topological polar surface area (TPSA) is 92.8 Å². The Morgan fingerprint density at radius 1 is 1.32 bits per heavy atom. The minimum Gasteiger partial charge on any atom is -0.421 e. The van der Waals surface area contributed by atoms with Gasteiger partial charge in [0, 0.05) is 18.2 Å². The van der Waals surface area contributed by atoms with Crippen LogP contribution in [0, 0.1) is 17.6 Å². The van der Waals surface area contributed by atoms with Crippen molar-refractivity contribution in [1.29, 1.82) is 0 Å². The molecule has 0 saturated heterocycles. The lowest BCUT2D eigenvalue weighted by Crippen LogP contribution is -2.28. The standard InChI is InChI=1S/C16H13F2N5O2/c17-9-4-5-12(11(18)6-9)25-16-19-7-10-13(22-23-14(10)21-16)20-15(24)8-2-1-3-8/h4-8H,1-3H2,(H2,19,20,21,22,23,24). The lowest BCUT2D eigenvalue weighted by Gasteiger charge is -2.23. The fourth-order valence-electron chi connectivity index (χ4n) is 2.48. The minimum atomic E-state index is -0.862. The van der Waals surface area contributed by atoms with Crippen molar-refractivity contribution in [2.75, 3.05) is 5.32 Å². The number of nitrogens with zero attached hydrogens (tertiary/aromatic N) is 3. The van der Waals surface area contributed by atoms with Crippen molar-refractivity contribution < 1.29 is 18.3 Å². The molecule has 2 aromatic heterocycles. The zero-order chi connectivity index (χ0) is 17.4. The number of anilines is 1. The van der Waals surface area contributed by atoms with Gasteiger partial charge in [0.05, 0.1) is 5.39 Å². The third-order valence-electron chi connectivity index (χ3n) is 4.11. The molecule has 25 heavy (non-hydrogen) atoms. The molecule has 1 aromatic carbocycles. The smallest absolute Gasteiger partial charge is 0.324 e. The summed E-state index contributed by atoms with van der Waals surface area (Å²) < 4.78 is 31.8. The summed E-state index contributed by atoms with van der Waals surface area (Å²) in [5, 5.41) is 9.97. The minimum absolute atomic E-state index is 0.0309. The number of amides is 1. The average molecular weight is 345 g/mol. The van der Waals surface area contributed by atoms with E-state index in [2.05, 4.69) is 25.5 Å². The lowest BCUT2D eigenvalue weighted by molar-refractivity contribution is -0.122. The van der Waals surface area contributed by atoms with Crippen LogP contribution in [-0.2, 0) is 4.79 Å². The Labute approximate surface area is 140 Å². The van der Waals surface area contributed by atoms with E-state index in [0.717, 1.165) is 31.4 Å². The number of carbonyl (C=O) groups excluding carboxylic acids is 1. The van der Waals surface area contributed by atoms with Crippen molar-refractivity contribution in [3.63, 3.8) is 0 Å². The largest absolute Gasteiger partial charge is 0.421 e.